The lowest BCUT2D eigenvalue weighted by Crippen LogP contribution is -1.95. The highest BCUT2D eigenvalue weighted by atomic mass is 32.1. The standard InChI is InChI=1S/C26H19N3O2S/c1-16-7-9-17(10-8-16)22-15-32-26(29-22)18(13-27)14-28-21-12-24-20(11-25(21)30-2)19-5-3-4-6-23(19)31-24/h3-12,14-15,28H,1-2H3/b18-14+. The molecular weight excluding hydrogens is 418 g/mol. The van der Waals surface area contributed by atoms with Gasteiger partial charge in [-0.15, -0.1) is 11.3 Å². The van der Waals surface area contributed by atoms with Crippen LogP contribution in [0.1, 0.15) is 10.6 Å². The summed E-state index contributed by atoms with van der Waals surface area (Å²) in [6.45, 7) is 2.05. The number of aryl methyl sites for hydroxylation is 1. The molecule has 156 valence electrons. The number of hydrogen-bond donors (Lipinski definition) is 1. The normalized spacial score (nSPS) is 11.6. The Hall–Kier alpha value is -4.08. The van der Waals surface area contributed by atoms with Crippen molar-refractivity contribution >= 4 is 44.5 Å². The van der Waals surface area contributed by atoms with Crippen molar-refractivity contribution in [2.45, 2.75) is 6.92 Å². The number of thiazole rings is 1. The maximum atomic E-state index is 9.73. The van der Waals surface area contributed by atoms with E-state index in [4.69, 9.17) is 9.15 Å². The van der Waals surface area contributed by atoms with E-state index in [9.17, 15) is 5.26 Å². The van der Waals surface area contributed by atoms with Crippen LogP contribution in [0.4, 0.5) is 5.69 Å². The summed E-state index contributed by atoms with van der Waals surface area (Å²) in [5.41, 5.74) is 5.80. The molecule has 6 heteroatoms. The van der Waals surface area contributed by atoms with E-state index in [0.717, 1.165) is 33.2 Å². The first-order valence-corrected chi connectivity index (χ1v) is 10.9. The Morgan fingerprint density at radius 3 is 2.69 bits per heavy atom. The lowest BCUT2D eigenvalue weighted by Gasteiger charge is -2.08. The van der Waals surface area contributed by atoms with Crippen LogP contribution in [-0.4, -0.2) is 12.1 Å². The first kappa shape index (κ1) is 19.9. The summed E-state index contributed by atoms with van der Waals surface area (Å²) >= 11 is 1.44. The molecule has 32 heavy (non-hydrogen) atoms. The maximum Gasteiger partial charge on any atom is 0.143 e. The predicted octanol–water partition coefficient (Wildman–Crippen LogP) is 7.00. The third-order valence-corrected chi connectivity index (χ3v) is 6.15. The van der Waals surface area contributed by atoms with Crippen LogP contribution in [0, 0.1) is 18.3 Å². The summed E-state index contributed by atoms with van der Waals surface area (Å²) in [5.74, 6) is 0.664. The van der Waals surface area contributed by atoms with Crippen molar-refractivity contribution in [2.75, 3.05) is 12.4 Å². The Kier molecular flexibility index (Phi) is 5.10. The van der Waals surface area contributed by atoms with Crippen LogP contribution in [0.25, 0.3) is 38.8 Å². The number of nitrogens with zero attached hydrogens (tertiary/aromatic N) is 2. The molecule has 5 aromatic rings. The molecule has 0 bridgehead atoms. The van der Waals surface area contributed by atoms with Crippen LogP contribution in [0.15, 0.2) is 76.7 Å². The number of nitriles is 1. The number of ether oxygens (including phenoxy) is 1. The van der Waals surface area contributed by atoms with Gasteiger partial charge in [0, 0.05) is 34.0 Å². The average Bonchev–Trinajstić information content (AvgIpc) is 3.44. The number of rotatable bonds is 5. The number of allylic oxidation sites excluding steroid dienone is 1. The highest BCUT2D eigenvalue weighted by molar-refractivity contribution is 7.11. The maximum absolute atomic E-state index is 9.73. The van der Waals surface area contributed by atoms with Gasteiger partial charge in [-0.25, -0.2) is 4.98 Å². The van der Waals surface area contributed by atoms with E-state index >= 15 is 0 Å². The van der Waals surface area contributed by atoms with Crippen LogP contribution < -0.4 is 10.1 Å². The van der Waals surface area contributed by atoms with E-state index in [0.29, 0.717) is 22.0 Å². The highest BCUT2D eigenvalue weighted by Gasteiger charge is 2.13. The summed E-state index contributed by atoms with van der Waals surface area (Å²) in [5, 5.41) is 17.6. The fraction of sp³-hybridized carbons (Fsp3) is 0.0769. The molecule has 0 saturated heterocycles. The van der Waals surface area contributed by atoms with E-state index in [1.54, 1.807) is 13.3 Å². The Labute approximate surface area is 189 Å². The molecule has 0 fully saturated rings. The van der Waals surface area contributed by atoms with Crippen LogP contribution in [0.5, 0.6) is 5.75 Å². The number of benzene rings is 3. The van der Waals surface area contributed by atoms with E-state index in [2.05, 4.69) is 35.4 Å². The molecule has 0 radical (unpaired) electrons. The Morgan fingerprint density at radius 2 is 1.91 bits per heavy atom. The second-order valence-corrected chi connectivity index (χ2v) is 8.22. The summed E-state index contributed by atoms with van der Waals surface area (Å²) in [6.07, 6.45) is 1.66. The number of fused-ring (bicyclic) bond motifs is 3. The van der Waals surface area contributed by atoms with Gasteiger partial charge in [0.15, 0.2) is 0 Å². The largest absolute Gasteiger partial charge is 0.495 e. The molecule has 5 rings (SSSR count). The number of aromatic nitrogens is 1. The number of furan rings is 1. The molecule has 3 aromatic carbocycles. The van der Waals surface area contributed by atoms with Gasteiger partial charge in [0.25, 0.3) is 0 Å². The average molecular weight is 438 g/mol. The second kappa shape index (κ2) is 8.22. The van der Waals surface area contributed by atoms with E-state index < -0.39 is 0 Å². The molecular formula is C26H19N3O2S. The number of para-hydroxylation sites is 1. The van der Waals surface area contributed by atoms with Gasteiger partial charge in [0.05, 0.1) is 18.5 Å². The monoisotopic (exact) mass is 437 g/mol. The first-order valence-electron chi connectivity index (χ1n) is 10.1. The summed E-state index contributed by atoms with van der Waals surface area (Å²) in [6, 6.07) is 22.2. The number of anilines is 1. The molecule has 2 aromatic heterocycles. The summed E-state index contributed by atoms with van der Waals surface area (Å²) in [7, 11) is 1.62. The minimum Gasteiger partial charge on any atom is -0.495 e. The third-order valence-electron chi connectivity index (χ3n) is 5.27. The molecule has 2 heterocycles. The van der Waals surface area contributed by atoms with Crippen LogP contribution in [0.3, 0.4) is 0 Å². The van der Waals surface area contributed by atoms with Gasteiger partial charge < -0.3 is 14.5 Å². The van der Waals surface area contributed by atoms with Gasteiger partial charge in [0.2, 0.25) is 0 Å². The van der Waals surface area contributed by atoms with Gasteiger partial charge in [-0.05, 0) is 19.1 Å². The van der Waals surface area contributed by atoms with Crippen molar-refractivity contribution in [1.82, 2.24) is 4.98 Å². The van der Waals surface area contributed by atoms with E-state index in [1.807, 2.05) is 53.9 Å². The molecule has 0 aliphatic carbocycles. The molecule has 0 unspecified atom stereocenters. The molecule has 0 aliphatic rings. The van der Waals surface area contributed by atoms with Crippen molar-refractivity contribution in [3.8, 4) is 23.1 Å². The first-order chi connectivity index (χ1) is 15.7. The van der Waals surface area contributed by atoms with Gasteiger partial charge >= 0.3 is 0 Å². The lowest BCUT2D eigenvalue weighted by atomic mass is 10.1. The minimum atomic E-state index is 0.445. The topological polar surface area (TPSA) is 71.1 Å². The van der Waals surface area contributed by atoms with Crippen LogP contribution in [-0.2, 0) is 0 Å². The minimum absolute atomic E-state index is 0.445. The number of hydrogen-bond acceptors (Lipinski definition) is 6. The van der Waals surface area contributed by atoms with Crippen LogP contribution in [0.2, 0.25) is 0 Å². The molecule has 5 nitrogen and oxygen atoms in total. The zero-order chi connectivity index (χ0) is 22.1. The van der Waals surface area contributed by atoms with Crippen LogP contribution >= 0.6 is 11.3 Å². The smallest absolute Gasteiger partial charge is 0.143 e. The zero-order valence-electron chi connectivity index (χ0n) is 17.5. The number of nitrogens with one attached hydrogen (secondary N) is 1. The fourth-order valence-electron chi connectivity index (χ4n) is 3.58. The van der Waals surface area contributed by atoms with Gasteiger partial charge in [-0.2, -0.15) is 5.26 Å². The zero-order valence-corrected chi connectivity index (χ0v) is 18.4. The Morgan fingerprint density at radius 1 is 1.09 bits per heavy atom. The highest BCUT2D eigenvalue weighted by Crippen LogP contribution is 2.36. The molecule has 0 aliphatic heterocycles. The van der Waals surface area contributed by atoms with Crippen molar-refractivity contribution in [3.63, 3.8) is 0 Å². The second-order valence-electron chi connectivity index (χ2n) is 7.36. The van der Waals surface area contributed by atoms with Gasteiger partial charge in [-0.3, -0.25) is 0 Å². The Balaban J connectivity index is 1.47. The summed E-state index contributed by atoms with van der Waals surface area (Å²) in [4.78, 5) is 4.65. The quantitative estimate of drug-likeness (QED) is 0.300. The molecule has 0 spiro atoms. The molecule has 1 N–H and O–H groups in total. The van der Waals surface area contributed by atoms with Crippen molar-refractivity contribution in [2.24, 2.45) is 0 Å². The van der Waals surface area contributed by atoms with E-state index in [-0.39, 0.29) is 0 Å². The van der Waals surface area contributed by atoms with Crippen molar-refractivity contribution in [1.29, 1.82) is 5.26 Å². The summed E-state index contributed by atoms with van der Waals surface area (Å²) < 4.78 is 11.6. The third kappa shape index (κ3) is 3.59. The SMILES string of the molecule is COc1cc2c(cc1N/C=C(\C#N)c1nc(-c3ccc(C)cc3)cs1)oc1ccccc12. The predicted molar refractivity (Wildman–Crippen MR) is 130 cm³/mol. The van der Waals surface area contributed by atoms with E-state index in [1.165, 1.54) is 16.9 Å². The van der Waals surface area contributed by atoms with Gasteiger partial charge in [-0.1, -0.05) is 48.0 Å². The molecule has 0 atom stereocenters. The molecule has 0 amide bonds. The molecule has 0 saturated carbocycles. The van der Waals surface area contributed by atoms with Gasteiger partial charge in [0.1, 0.15) is 33.6 Å². The Bertz CT molecular complexity index is 1500. The number of methoxy groups -OCH3 is 1. The van der Waals surface area contributed by atoms with Crippen molar-refractivity contribution < 1.29 is 9.15 Å². The van der Waals surface area contributed by atoms with Crippen molar-refractivity contribution in [3.05, 3.63) is 82.8 Å². The lowest BCUT2D eigenvalue weighted by molar-refractivity contribution is 0.417. The fourth-order valence-corrected chi connectivity index (χ4v) is 4.37.